The lowest BCUT2D eigenvalue weighted by Gasteiger charge is -2.18. The minimum atomic E-state index is -0.777. The molecule has 0 fully saturated rings. The van der Waals surface area contributed by atoms with Crippen LogP contribution in [0.15, 0.2) is 48.6 Å². The number of esters is 3. The summed E-state index contributed by atoms with van der Waals surface area (Å²) >= 11 is 0. The summed E-state index contributed by atoms with van der Waals surface area (Å²) in [6.07, 6.45) is 82.7. The lowest BCUT2D eigenvalue weighted by molar-refractivity contribution is -0.167. The van der Waals surface area contributed by atoms with Gasteiger partial charge in [0, 0.05) is 19.3 Å². The van der Waals surface area contributed by atoms with Crippen molar-refractivity contribution < 1.29 is 28.6 Å². The highest BCUT2D eigenvalue weighted by atomic mass is 16.6. The zero-order valence-electron chi connectivity index (χ0n) is 51.7. The van der Waals surface area contributed by atoms with E-state index in [1.807, 2.05) is 0 Å². The molecule has 0 aromatic carbocycles. The molecule has 0 spiro atoms. The van der Waals surface area contributed by atoms with Crippen molar-refractivity contribution in [3.63, 3.8) is 0 Å². The molecule has 0 aromatic heterocycles. The van der Waals surface area contributed by atoms with Gasteiger partial charge in [0.05, 0.1) is 0 Å². The van der Waals surface area contributed by atoms with Crippen molar-refractivity contribution in [2.24, 2.45) is 0 Å². The molecule has 0 radical (unpaired) electrons. The first-order valence-corrected chi connectivity index (χ1v) is 34.1. The largest absolute Gasteiger partial charge is 0.462 e. The molecule has 77 heavy (non-hydrogen) atoms. The van der Waals surface area contributed by atoms with Crippen LogP contribution in [0.3, 0.4) is 0 Å². The van der Waals surface area contributed by atoms with Gasteiger partial charge in [0.15, 0.2) is 6.10 Å². The third-order valence-electron chi connectivity index (χ3n) is 15.3. The Kier molecular flexibility index (Phi) is 63.6. The molecule has 6 heteroatoms. The van der Waals surface area contributed by atoms with Gasteiger partial charge in [-0.3, -0.25) is 14.4 Å². The first kappa shape index (κ1) is 74.4. The maximum Gasteiger partial charge on any atom is 0.306 e. The second kappa shape index (κ2) is 65.9. The van der Waals surface area contributed by atoms with Crippen LogP contribution >= 0.6 is 0 Å². The number of unbranched alkanes of at least 4 members (excludes halogenated alkanes) is 44. The van der Waals surface area contributed by atoms with E-state index in [0.29, 0.717) is 19.3 Å². The van der Waals surface area contributed by atoms with E-state index in [1.165, 1.54) is 244 Å². The van der Waals surface area contributed by atoms with Gasteiger partial charge in [0.2, 0.25) is 0 Å². The van der Waals surface area contributed by atoms with E-state index in [9.17, 15) is 14.4 Å². The average Bonchev–Trinajstić information content (AvgIpc) is 3.43. The SMILES string of the molecule is CC/C=C\C/C=C\C/C=C\CCCCCCCCCC(=O)OC(COC(=O)CCCCCCCCCCCCCCC/C=C\CCCCCCCCCC)COC(=O)CCCCCCCCCCCCCCCCCCC. The standard InChI is InChI=1S/C71H130O6/c1-4-7-10-13-16-19-22-25-28-31-32-33-34-35-36-37-38-41-43-46-49-52-55-58-61-64-70(73)76-67-68(77-71(74)65-62-59-56-53-50-47-44-40-30-27-24-21-18-15-12-9-6-3)66-75-69(72)63-60-57-54-51-48-45-42-39-29-26-23-20-17-14-11-8-5-2/h9,12,18,21,27,30-32,68H,4-8,10-11,13-17,19-20,22-26,28-29,33-67H2,1-3H3/b12-9-,21-18-,30-27-,32-31-. The lowest BCUT2D eigenvalue weighted by atomic mass is 10.0. The van der Waals surface area contributed by atoms with Gasteiger partial charge in [0.25, 0.3) is 0 Å². The quantitative estimate of drug-likeness (QED) is 0.0261. The van der Waals surface area contributed by atoms with Crippen LogP contribution in [0.1, 0.15) is 367 Å². The van der Waals surface area contributed by atoms with Crippen LogP contribution in [0.4, 0.5) is 0 Å². The third-order valence-corrected chi connectivity index (χ3v) is 15.3. The molecule has 1 atom stereocenters. The first-order valence-electron chi connectivity index (χ1n) is 34.1. The number of ether oxygens (including phenoxy) is 3. The van der Waals surface area contributed by atoms with Crippen LogP contribution in [0.5, 0.6) is 0 Å². The van der Waals surface area contributed by atoms with Gasteiger partial charge in [-0.1, -0.05) is 320 Å². The van der Waals surface area contributed by atoms with E-state index in [2.05, 4.69) is 69.4 Å². The van der Waals surface area contributed by atoms with Gasteiger partial charge in [-0.25, -0.2) is 0 Å². The van der Waals surface area contributed by atoms with Crippen LogP contribution < -0.4 is 0 Å². The summed E-state index contributed by atoms with van der Waals surface area (Å²) in [5.74, 6) is -0.857. The summed E-state index contributed by atoms with van der Waals surface area (Å²) < 4.78 is 17.0. The summed E-state index contributed by atoms with van der Waals surface area (Å²) in [7, 11) is 0. The third kappa shape index (κ3) is 64.1. The summed E-state index contributed by atoms with van der Waals surface area (Å²) in [6, 6.07) is 0. The number of carbonyl (C=O) groups excluding carboxylic acids is 3. The Morgan fingerprint density at radius 2 is 0.506 bits per heavy atom. The van der Waals surface area contributed by atoms with Gasteiger partial charge < -0.3 is 14.2 Å². The minimum Gasteiger partial charge on any atom is -0.462 e. The summed E-state index contributed by atoms with van der Waals surface area (Å²) in [6.45, 7) is 6.59. The number of allylic oxidation sites excluding steroid dienone is 8. The van der Waals surface area contributed by atoms with Crippen molar-refractivity contribution in [3.05, 3.63) is 48.6 Å². The fourth-order valence-corrected chi connectivity index (χ4v) is 10.2. The number of rotatable bonds is 63. The molecule has 0 heterocycles. The number of hydrogen-bond acceptors (Lipinski definition) is 6. The highest BCUT2D eigenvalue weighted by Crippen LogP contribution is 2.18. The minimum absolute atomic E-state index is 0.0727. The van der Waals surface area contributed by atoms with Crippen molar-refractivity contribution in [1.29, 1.82) is 0 Å². The molecule has 1 unspecified atom stereocenters. The van der Waals surface area contributed by atoms with Crippen molar-refractivity contribution in [1.82, 2.24) is 0 Å². The van der Waals surface area contributed by atoms with E-state index < -0.39 is 6.10 Å². The number of carbonyl (C=O) groups is 3. The number of hydrogen-bond donors (Lipinski definition) is 0. The van der Waals surface area contributed by atoms with Gasteiger partial charge >= 0.3 is 17.9 Å². The molecule has 0 saturated heterocycles. The van der Waals surface area contributed by atoms with E-state index in [1.54, 1.807) is 0 Å². The average molecular weight is 1080 g/mol. The van der Waals surface area contributed by atoms with Crippen molar-refractivity contribution >= 4 is 17.9 Å². The highest BCUT2D eigenvalue weighted by Gasteiger charge is 2.19. The Balaban J connectivity index is 4.28. The molecule has 0 aromatic rings. The van der Waals surface area contributed by atoms with Gasteiger partial charge in [-0.15, -0.1) is 0 Å². The topological polar surface area (TPSA) is 78.9 Å². The Morgan fingerprint density at radius 1 is 0.273 bits per heavy atom. The maximum absolute atomic E-state index is 12.9. The predicted octanol–water partition coefficient (Wildman–Crippen LogP) is 23.3. The first-order chi connectivity index (χ1) is 38.0. The predicted molar refractivity (Wildman–Crippen MR) is 335 cm³/mol. The summed E-state index contributed by atoms with van der Waals surface area (Å²) in [4.78, 5) is 38.4. The van der Waals surface area contributed by atoms with E-state index in [4.69, 9.17) is 14.2 Å². The van der Waals surface area contributed by atoms with Gasteiger partial charge in [0.1, 0.15) is 13.2 Å². The molecule has 0 bridgehead atoms. The molecule has 6 nitrogen and oxygen atoms in total. The fraction of sp³-hybridized carbons (Fsp3) is 0.845. The van der Waals surface area contributed by atoms with E-state index >= 15 is 0 Å². The zero-order valence-corrected chi connectivity index (χ0v) is 51.7. The Hall–Kier alpha value is -2.63. The molecule has 0 aliphatic heterocycles. The molecule has 0 rings (SSSR count). The lowest BCUT2D eigenvalue weighted by Crippen LogP contribution is -2.30. The maximum atomic E-state index is 12.9. The molecule has 0 N–H and O–H groups in total. The van der Waals surface area contributed by atoms with Crippen LogP contribution in [-0.4, -0.2) is 37.2 Å². The van der Waals surface area contributed by atoms with E-state index in [0.717, 1.165) is 83.5 Å². The normalized spacial score (nSPS) is 12.3. The molecule has 0 aliphatic carbocycles. The second-order valence-corrected chi connectivity index (χ2v) is 23.1. The van der Waals surface area contributed by atoms with Crippen LogP contribution in [0.25, 0.3) is 0 Å². The molecule has 450 valence electrons. The zero-order chi connectivity index (χ0) is 55.7. The summed E-state index contributed by atoms with van der Waals surface area (Å²) in [5.41, 5.74) is 0. The second-order valence-electron chi connectivity index (χ2n) is 23.1. The molecular formula is C71H130O6. The van der Waals surface area contributed by atoms with Crippen molar-refractivity contribution in [2.45, 2.75) is 374 Å². The van der Waals surface area contributed by atoms with Gasteiger partial charge in [-0.2, -0.15) is 0 Å². The summed E-state index contributed by atoms with van der Waals surface area (Å²) in [5, 5.41) is 0. The molecule has 0 amide bonds. The van der Waals surface area contributed by atoms with Crippen LogP contribution in [0.2, 0.25) is 0 Å². The smallest absolute Gasteiger partial charge is 0.306 e. The molecule has 0 aliphatic rings. The monoisotopic (exact) mass is 1080 g/mol. The Labute approximate surface area is 479 Å². The van der Waals surface area contributed by atoms with Crippen molar-refractivity contribution in [2.75, 3.05) is 13.2 Å². The fourth-order valence-electron chi connectivity index (χ4n) is 10.2. The Bertz CT molecular complexity index is 1330. The van der Waals surface area contributed by atoms with E-state index in [-0.39, 0.29) is 31.1 Å². The van der Waals surface area contributed by atoms with Crippen LogP contribution in [-0.2, 0) is 28.6 Å². The molecule has 0 saturated carbocycles. The highest BCUT2D eigenvalue weighted by molar-refractivity contribution is 5.71. The van der Waals surface area contributed by atoms with Crippen molar-refractivity contribution in [3.8, 4) is 0 Å². The Morgan fingerprint density at radius 3 is 0.805 bits per heavy atom. The molecular weight excluding hydrogens is 949 g/mol. The van der Waals surface area contributed by atoms with Crippen LogP contribution in [0, 0.1) is 0 Å². The van der Waals surface area contributed by atoms with Gasteiger partial charge in [-0.05, 0) is 77.0 Å².